The van der Waals surface area contributed by atoms with Crippen LogP contribution >= 0.6 is 0 Å². The summed E-state index contributed by atoms with van der Waals surface area (Å²) in [5, 5.41) is 12.7. The molecule has 0 spiro atoms. The molecule has 9 nitrogen and oxygen atoms in total. The van der Waals surface area contributed by atoms with Gasteiger partial charge in [0.15, 0.2) is 0 Å². The second kappa shape index (κ2) is 15.0. The summed E-state index contributed by atoms with van der Waals surface area (Å²) in [7, 11) is 0. The number of rotatable bonds is 7. The molecular weight excluding hydrogens is 687 g/mol. The molecule has 0 bridgehead atoms. The highest BCUT2D eigenvalue weighted by Crippen LogP contribution is 2.41. The largest absolute Gasteiger partial charge is 0.508 e. The van der Waals surface area contributed by atoms with E-state index in [0.717, 1.165) is 76.3 Å². The van der Waals surface area contributed by atoms with Gasteiger partial charge in [0.1, 0.15) is 11.8 Å². The van der Waals surface area contributed by atoms with Gasteiger partial charge in [-0.25, -0.2) is 0 Å². The third-order valence-electron chi connectivity index (χ3n) is 12.6. The number of nitrogens with one attached hydrogen (secondary N) is 1. The van der Waals surface area contributed by atoms with Crippen molar-refractivity contribution in [2.75, 3.05) is 55.6 Å². The fraction of sp³-hybridized carbons (Fsp3) is 0.370. The van der Waals surface area contributed by atoms with E-state index < -0.39 is 6.04 Å². The van der Waals surface area contributed by atoms with Gasteiger partial charge >= 0.3 is 0 Å². The van der Waals surface area contributed by atoms with Crippen LogP contribution in [0.25, 0.3) is 11.1 Å². The van der Waals surface area contributed by atoms with Gasteiger partial charge in [-0.2, -0.15) is 0 Å². The first-order valence-electron chi connectivity index (χ1n) is 20.1. The molecular formula is C46H49N5O4. The number of carbonyl (C=O) groups is 3. The van der Waals surface area contributed by atoms with Gasteiger partial charge < -0.3 is 19.8 Å². The first-order chi connectivity index (χ1) is 26.9. The Balaban J connectivity index is 0.798. The summed E-state index contributed by atoms with van der Waals surface area (Å²) in [4.78, 5) is 46.5. The molecule has 2 N–H and O–H groups in total. The number of aryl methyl sites for hydroxylation is 1. The highest BCUT2D eigenvalue weighted by Gasteiger charge is 2.39. The zero-order chi connectivity index (χ0) is 37.5. The number of benzene rings is 4. The van der Waals surface area contributed by atoms with E-state index in [4.69, 9.17) is 0 Å². The van der Waals surface area contributed by atoms with Gasteiger partial charge in [-0.05, 0) is 126 Å². The van der Waals surface area contributed by atoms with Crippen LogP contribution in [0, 0.1) is 5.92 Å². The number of nitrogens with zero attached hydrogens (tertiary/aromatic N) is 4. The van der Waals surface area contributed by atoms with E-state index in [2.05, 4.69) is 86.7 Å². The Bertz CT molecular complexity index is 2130. The average Bonchev–Trinajstić information content (AvgIpc) is 3.41. The van der Waals surface area contributed by atoms with Crippen molar-refractivity contribution in [1.29, 1.82) is 0 Å². The number of piperidine rings is 2. The first-order valence-corrected chi connectivity index (χ1v) is 20.1. The molecule has 1 atom stereocenters. The van der Waals surface area contributed by atoms with Crippen molar-refractivity contribution >= 4 is 40.2 Å². The van der Waals surface area contributed by atoms with E-state index in [1.165, 1.54) is 51.9 Å². The van der Waals surface area contributed by atoms with Crippen LogP contribution in [0.5, 0.6) is 5.75 Å². The zero-order valence-electron chi connectivity index (χ0n) is 31.4. The summed E-state index contributed by atoms with van der Waals surface area (Å²) in [6.07, 6.45) is 6.03. The number of aromatic hydroxyl groups is 1. The molecule has 9 heteroatoms. The number of imide groups is 1. The summed E-state index contributed by atoms with van der Waals surface area (Å²) >= 11 is 0. The Hall–Kier alpha value is -5.41. The third kappa shape index (κ3) is 7.13. The Kier molecular flexibility index (Phi) is 9.64. The zero-order valence-corrected chi connectivity index (χ0v) is 31.4. The number of amides is 3. The van der Waals surface area contributed by atoms with Gasteiger partial charge in [0.25, 0.3) is 5.91 Å². The van der Waals surface area contributed by atoms with Crippen LogP contribution in [-0.4, -0.2) is 84.5 Å². The molecule has 3 amide bonds. The summed E-state index contributed by atoms with van der Waals surface area (Å²) in [5.74, 6) is 0.256. The van der Waals surface area contributed by atoms with Gasteiger partial charge in [-0.3, -0.25) is 24.6 Å². The van der Waals surface area contributed by atoms with Crippen molar-refractivity contribution in [3.05, 3.63) is 124 Å². The van der Waals surface area contributed by atoms with Crippen molar-refractivity contribution in [3.8, 4) is 5.75 Å². The summed E-state index contributed by atoms with van der Waals surface area (Å²) < 4.78 is 0. The number of fused-ring (bicyclic) bond motifs is 2. The number of piperazine rings is 1. The number of carbonyl (C=O) groups excluding carboxylic acids is 3. The molecule has 1 aliphatic carbocycles. The molecule has 4 heterocycles. The van der Waals surface area contributed by atoms with E-state index in [1.54, 1.807) is 4.90 Å². The Morgan fingerprint density at radius 3 is 2.15 bits per heavy atom. The third-order valence-corrected chi connectivity index (χ3v) is 12.6. The molecule has 0 saturated carbocycles. The van der Waals surface area contributed by atoms with Crippen LogP contribution in [0.15, 0.2) is 91.0 Å². The van der Waals surface area contributed by atoms with Crippen LogP contribution in [0.1, 0.15) is 76.7 Å². The normalized spacial score (nSPS) is 21.1. The van der Waals surface area contributed by atoms with Crippen molar-refractivity contribution in [3.63, 3.8) is 0 Å². The van der Waals surface area contributed by atoms with Crippen molar-refractivity contribution in [2.24, 2.45) is 5.92 Å². The quantitative estimate of drug-likeness (QED) is 0.210. The lowest BCUT2D eigenvalue weighted by Crippen LogP contribution is -2.52. The minimum absolute atomic E-state index is 0.123. The Morgan fingerprint density at radius 2 is 1.38 bits per heavy atom. The predicted molar refractivity (Wildman–Crippen MR) is 216 cm³/mol. The van der Waals surface area contributed by atoms with Crippen molar-refractivity contribution in [1.82, 2.24) is 15.1 Å². The lowest BCUT2D eigenvalue weighted by molar-refractivity contribution is -0.136. The van der Waals surface area contributed by atoms with Crippen LogP contribution in [0.4, 0.5) is 11.4 Å². The standard InChI is InChI=1S/C46H49N5O4/c52-38-14-16-40-34(28-38)7-4-8-39(32-5-2-1-3-6-32)44(40)33-9-11-36(12-10-33)49-21-19-31(20-22-49)29-48-23-25-50(26-24-48)37-13-15-41-35(27-37)30-51(46(41)55)42-17-18-43(53)47-45(42)54/h1-3,5-6,9-16,27-28,31,42,52H,4,7-8,17-26,29-30H2,(H,47,53,54)/t42-/m0/s1. The maximum absolute atomic E-state index is 13.2. The predicted octanol–water partition coefficient (Wildman–Crippen LogP) is 6.49. The SMILES string of the molecule is O=C1CC[C@H](N2Cc3cc(N4CCN(CC5CCN(c6ccc(C7=C(c8ccccc8)CCCc8cc(O)ccc87)cc6)CC5)CC4)ccc3C2=O)C(=O)N1. The van der Waals surface area contributed by atoms with Gasteiger partial charge in [0.05, 0.1) is 0 Å². The Labute approximate surface area is 323 Å². The number of allylic oxidation sites excluding steroid dienone is 1. The minimum Gasteiger partial charge on any atom is -0.508 e. The lowest BCUT2D eigenvalue weighted by Gasteiger charge is -2.40. The number of hydrogen-bond donors (Lipinski definition) is 2. The summed E-state index contributed by atoms with van der Waals surface area (Å²) in [6, 6.07) is 31.3. The molecule has 4 aromatic carbocycles. The van der Waals surface area contributed by atoms with Gasteiger partial charge in [-0.15, -0.1) is 0 Å². The van der Waals surface area contributed by atoms with E-state index in [0.29, 0.717) is 30.2 Å². The molecule has 0 radical (unpaired) electrons. The monoisotopic (exact) mass is 735 g/mol. The van der Waals surface area contributed by atoms with Crippen molar-refractivity contribution in [2.45, 2.75) is 57.5 Å². The van der Waals surface area contributed by atoms with Crippen molar-refractivity contribution < 1.29 is 19.5 Å². The fourth-order valence-corrected chi connectivity index (χ4v) is 9.56. The molecule has 3 saturated heterocycles. The number of phenols is 1. The molecule has 5 aliphatic rings. The van der Waals surface area contributed by atoms with Crippen LogP contribution in [-0.2, 0) is 22.6 Å². The molecule has 9 rings (SSSR count). The molecule has 0 aromatic heterocycles. The minimum atomic E-state index is -0.587. The second-order valence-electron chi connectivity index (χ2n) is 15.9. The molecule has 3 fully saturated rings. The summed E-state index contributed by atoms with van der Waals surface area (Å²) in [5.41, 5.74) is 11.6. The smallest absolute Gasteiger partial charge is 0.255 e. The molecule has 4 aliphatic heterocycles. The number of anilines is 2. The van der Waals surface area contributed by atoms with Gasteiger partial charge in [0, 0.05) is 75.7 Å². The van der Waals surface area contributed by atoms with Gasteiger partial charge in [-0.1, -0.05) is 48.5 Å². The Morgan fingerprint density at radius 1 is 0.655 bits per heavy atom. The van der Waals surface area contributed by atoms with Gasteiger partial charge in [0.2, 0.25) is 11.8 Å². The highest BCUT2D eigenvalue weighted by molar-refractivity contribution is 6.05. The molecule has 282 valence electrons. The topological polar surface area (TPSA) is 96.4 Å². The van der Waals surface area contributed by atoms with E-state index in [-0.39, 0.29) is 24.1 Å². The maximum atomic E-state index is 13.2. The van der Waals surface area contributed by atoms with Crippen LogP contribution < -0.4 is 15.1 Å². The fourth-order valence-electron chi connectivity index (χ4n) is 9.56. The molecule has 0 unspecified atom stereocenters. The van der Waals surface area contributed by atoms with E-state index in [9.17, 15) is 19.5 Å². The van der Waals surface area contributed by atoms with E-state index in [1.807, 2.05) is 24.3 Å². The highest BCUT2D eigenvalue weighted by atomic mass is 16.3. The average molecular weight is 736 g/mol. The molecule has 55 heavy (non-hydrogen) atoms. The lowest BCUT2D eigenvalue weighted by atomic mass is 9.87. The maximum Gasteiger partial charge on any atom is 0.255 e. The molecule has 4 aromatic rings. The van der Waals surface area contributed by atoms with Crippen LogP contribution in [0.3, 0.4) is 0 Å². The first kappa shape index (κ1) is 35.3. The number of phenolic OH excluding ortho intramolecular Hbond substituents is 1. The summed E-state index contributed by atoms with van der Waals surface area (Å²) in [6.45, 7) is 7.59. The van der Waals surface area contributed by atoms with Crippen LogP contribution in [0.2, 0.25) is 0 Å². The number of hydrogen-bond acceptors (Lipinski definition) is 7. The van der Waals surface area contributed by atoms with E-state index >= 15 is 0 Å². The second-order valence-corrected chi connectivity index (χ2v) is 15.9.